The standard InChI is InChI=1S/C11H14N2S/c1-8-2-3-11(8)13-6-10-4-9(5-12)7-14-10/h4,7-8,11,13H,2-3,6H2,1H3. The Morgan fingerprint density at radius 1 is 1.64 bits per heavy atom. The lowest BCUT2D eigenvalue weighted by Gasteiger charge is -2.34. The van der Waals surface area contributed by atoms with Crippen LogP contribution in [-0.4, -0.2) is 6.04 Å². The molecule has 2 rings (SSSR count). The highest BCUT2D eigenvalue weighted by molar-refractivity contribution is 7.10. The molecule has 2 atom stereocenters. The van der Waals surface area contributed by atoms with E-state index in [9.17, 15) is 0 Å². The molecule has 0 radical (unpaired) electrons. The van der Waals surface area contributed by atoms with Crippen LogP contribution in [0, 0.1) is 17.2 Å². The smallest absolute Gasteiger partial charge is 0.100 e. The van der Waals surface area contributed by atoms with E-state index in [1.54, 1.807) is 11.3 Å². The van der Waals surface area contributed by atoms with Crippen molar-refractivity contribution in [1.29, 1.82) is 5.26 Å². The molecule has 0 saturated heterocycles. The van der Waals surface area contributed by atoms with Crippen LogP contribution in [0.4, 0.5) is 0 Å². The van der Waals surface area contributed by atoms with Crippen molar-refractivity contribution in [2.24, 2.45) is 5.92 Å². The summed E-state index contributed by atoms with van der Waals surface area (Å²) in [5.41, 5.74) is 0.786. The van der Waals surface area contributed by atoms with E-state index in [4.69, 9.17) is 5.26 Å². The fraction of sp³-hybridized carbons (Fsp3) is 0.545. The van der Waals surface area contributed by atoms with E-state index in [0.717, 1.165) is 18.0 Å². The molecule has 2 unspecified atom stereocenters. The molecular weight excluding hydrogens is 192 g/mol. The Kier molecular flexibility index (Phi) is 2.85. The van der Waals surface area contributed by atoms with Gasteiger partial charge >= 0.3 is 0 Å². The van der Waals surface area contributed by atoms with E-state index in [-0.39, 0.29) is 0 Å². The Bertz CT molecular complexity index is 350. The number of thiophene rings is 1. The molecule has 14 heavy (non-hydrogen) atoms. The van der Waals surface area contributed by atoms with Gasteiger partial charge in [0.15, 0.2) is 0 Å². The van der Waals surface area contributed by atoms with E-state index in [1.165, 1.54) is 17.7 Å². The van der Waals surface area contributed by atoms with Crippen molar-refractivity contribution < 1.29 is 0 Å². The van der Waals surface area contributed by atoms with E-state index in [0.29, 0.717) is 6.04 Å². The summed E-state index contributed by atoms with van der Waals surface area (Å²) in [4.78, 5) is 1.26. The monoisotopic (exact) mass is 206 g/mol. The van der Waals surface area contributed by atoms with Crippen LogP contribution in [0.25, 0.3) is 0 Å². The second-order valence-electron chi connectivity index (χ2n) is 3.96. The molecule has 0 aliphatic heterocycles. The zero-order chi connectivity index (χ0) is 9.97. The summed E-state index contributed by atoms with van der Waals surface area (Å²) in [6, 6.07) is 4.82. The van der Waals surface area contributed by atoms with Crippen LogP contribution in [0.5, 0.6) is 0 Å². The Morgan fingerprint density at radius 2 is 2.50 bits per heavy atom. The van der Waals surface area contributed by atoms with E-state index in [2.05, 4.69) is 18.3 Å². The molecule has 74 valence electrons. The minimum Gasteiger partial charge on any atom is -0.309 e. The third-order valence-corrected chi connectivity index (χ3v) is 3.88. The van der Waals surface area contributed by atoms with Crippen molar-refractivity contribution in [3.8, 4) is 6.07 Å². The zero-order valence-electron chi connectivity index (χ0n) is 8.29. The average molecular weight is 206 g/mol. The molecule has 2 nitrogen and oxygen atoms in total. The summed E-state index contributed by atoms with van der Waals surface area (Å²) >= 11 is 1.67. The van der Waals surface area contributed by atoms with Crippen LogP contribution in [0.3, 0.4) is 0 Å². The number of nitrogens with one attached hydrogen (secondary N) is 1. The van der Waals surface area contributed by atoms with Crippen LogP contribution < -0.4 is 5.32 Å². The number of nitriles is 1. The molecule has 0 aromatic carbocycles. The maximum Gasteiger partial charge on any atom is 0.100 e. The van der Waals surface area contributed by atoms with Crippen molar-refractivity contribution in [3.05, 3.63) is 21.9 Å². The fourth-order valence-electron chi connectivity index (χ4n) is 1.73. The maximum absolute atomic E-state index is 8.66. The highest BCUT2D eigenvalue weighted by Gasteiger charge is 2.25. The molecule has 0 spiro atoms. The minimum absolute atomic E-state index is 0.697. The van der Waals surface area contributed by atoms with E-state index in [1.807, 2.05) is 11.4 Å². The van der Waals surface area contributed by atoms with Crippen LogP contribution in [-0.2, 0) is 6.54 Å². The van der Waals surface area contributed by atoms with Gasteiger partial charge in [-0.3, -0.25) is 0 Å². The molecule has 0 amide bonds. The molecule has 1 aliphatic rings. The lowest BCUT2D eigenvalue weighted by Crippen LogP contribution is -2.41. The highest BCUT2D eigenvalue weighted by atomic mass is 32.1. The summed E-state index contributed by atoms with van der Waals surface area (Å²) in [6.07, 6.45) is 2.66. The first-order valence-corrected chi connectivity index (χ1v) is 5.88. The van der Waals surface area contributed by atoms with Gasteiger partial charge < -0.3 is 5.32 Å². The SMILES string of the molecule is CC1CCC1NCc1cc(C#N)cs1. The average Bonchev–Trinajstić information content (AvgIpc) is 2.64. The van der Waals surface area contributed by atoms with Crippen LogP contribution in [0.2, 0.25) is 0 Å². The van der Waals surface area contributed by atoms with Gasteiger partial charge in [0.25, 0.3) is 0 Å². The number of hydrogen-bond donors (Lipinski definition) is 1. The first-order chi connectivity index (χ1) is 6.79. The predicted octanol–water partition coefficient (Wildman–Crippen LogP) is 2.51. The van der Waals surface area contributed by atoms with Crippen LogP contribution in [0.15, 0.2) is 11.4 Å². The largest absolute Gasteiger partial charge is 0.309 e. The number of rotatable bonds is 3. The van der Waals surface area contributed by atoms with Gasteiger partial charge in [0.1, 0.15) is 6.07 Å². The molecule has 0 bridgehead atoms. The zero-order valence-corrected chi connectivity index (χ0v) is 9.10. The van der Waals surface area contributed by atoms with Crippen LogP contribution >= 0.6 is 11.3 Å². The van der Waals surface area contributed by atoms with Crippen molar-refractivity contribution >= 4 is 11.3 Å². The highest BCUT2D eigenvalue weighted by Crippen LogP contribution is 2.27. The first-order valence-electron chi connectivity index (χ1n) is 5.00. The Balaban J connectivity index is 1.83. The van der Waals surface area contributed by atoms with Gasteiger partial charge in [0.05, 0.1) is 5.56 Å². The maximum atomic E-state index is 8.66. The van der Waals surface area contributed by atoms with Gasteiger partial charge in [-0.05, 0) is 24.8 Å². The lowest BCUT2D eigenvalue weighted by atomic mass is 9.81. The molecule has 1 heterocycles. The first kappa shape index (κ1) is 9.70. The van der Waals surface area contributed by atoms with Crippen molar-refractivity contribution in [3.63, 3.8) is 0 Å². The normalized spacial score (nSPS) is 25.4. The molecule has 1 N–H and O–H groups in total. The quantitative estimate of drug-likeness (QED) is 0.824. The Morgan fingerprint density at radius 3 is 3.00 bits per heavy atom. The summed E-state index contributed by atoms with van der Waals surface area (Å²) < 4.78 is 0. The van der Waals surface area contributed by atoms with E-state index >= 15 is 0 Å². The molecule has 1 aromatic heterocycles. The second kappa shape index (κ2) is 4.12. The second-order valence-corrected chi connectivity index (χ2v) is 4.95. The Hall–Kier alpha value is -0.850. The molecule has 1 saturated carbocycles. The summed E-state index contributed by atoms with van der Waals surface area (Å²) in [7, 11) is 0. The molecule has 1 aliphatic carbocycles. The van der Waals surface area contributed by atoms with Gasteiger partial charge in [-0.2, -0.15) is 5.26 Å². The summed E-state index contributed by atoms with van der Waals surface area (Å²) in [5.74, 6) is 0.824. The number of hydrogen-bond acceptors (Lipinski definition) is 3. The summed E-state index contributed by atoms with van der Waals surface area (Å²) in [6.45, 7) is 3.21. The number of nitrogens with zero attached hydrogens (tertiary/aromatic N) is 1. The van der Waals surface area contributed by atoms with Gasteiger partial charge in [-0.25, -0.2) is 0 Å². The molecule has 1 aromatic rings. The lowest BCUT2D eigenvalue weighted by molar-refractivity contribution is 0.229. The van der Waals surface area contributed by atoms with Gasteiger partial charge in [0, 0.05) is 22.8 Å². The molecule has 3 heteroatoms. The van der Waals surface area contributed by atoms with E-state index < -0.39 is 0 Å². The minimum atomic E-state index is 0.697. The van der Waals surface area contributed by atoms with Crippen LogP contribution in [0.1, 0.15) is 30.2 Å². The van der Waals surface area contributed by atoms with Crippen molar-refractivity contribution in [1.82, 2.24) is 5.32 Å². The predicted molar refractivity (Wildman–Crippen MR) is 58.1 cm³/mol. The Labute approximate surface area is 88.6 Å². The fourth-order valence-corrected chi connectivity index (χ4v) is 2.49. The third-order valence-electron chi connectivity index (χ3n) is 2.94. The van der Waals surface area contributed by atoms with Crippen molar-refractivity contribution in [2.45, 2.75) is 32.4 Å². The molecular formula is C11H14N2S. The van der Waals surface area contributed by atoms with Gasteiger partial charge in [-0.1, -0.05) is 6.92 Å². The summed E-state index contributed by atoms with van der Waals surface area (Å²) in [5, 5.41) is 14.1. The third kappa shape index (κ3) is 1.97. The van der Waals surface area contributed by atoms with Gasteiger partial charge in [-0.15, -0.1) is 11.3 Å². The topological polar surface area (TPSA) is 35.8 Å². The van der Waals surface area contributed by atoms with Gasteiger partial charge in [0.2, 0.25) is 0 Å². The molecule has 1 fully saturated rings. The van der Waals surface area contributed by atoms with Crippen molar-refractivity contribution in [2.75, 3.05) is 0 Å².